The molecule has 1 fully saturated rings. The zero-order valence-electron chi connectivity index (χ0n) is 13.7. The number of carbonyl (C=O) groups excluding carboxylic acids is 1. The van der Waals surface area contributed by atoms with E-state index in [1.165, 1.54) is 11.8 Å². The summed E-state index contributed by atoms with van der Waals surface area (Å²) in [6, 6.07) is 8.10. The van der Waals surface area contributed by atoms with Crippen molar-refractivity contribution in [3.63, 3.8) is 0 Å². The summed E-state index contributed by atoms with van der Waals surface area (Å²) in [7, 11) is 0. The van der Waals surface area contributed by atoms with Crippen LogP contribution in [-0.2, 0) is 5.75 Å². The number of rotatable bonds is 5. The van der Waals surface area contributed by atoms with E-state index in [4.69, 9.17) is 10.3 Å². The van der Waals surface area contributed by atoms with E-state index in [0.29, 0.717) is 23.0 Å². The van der Waals surface area contributed by atoms with Crippen molar-refractivity contribution in [2.24, 2.45) is 5.73 Å². The van der Waals surface area contributed by atoms with Gasteiger partial charge in [-0.05, 0) is 44.7 Å². The Labute approximate surface area is 145 Å². The molecule has 1 saturated carbocycles. The summed E-state index contributed by atoms with van der Waals surface area (Å²) in [5, 5.41) is 6.92. The molecule has 1 aromatic carbocycles. The Morgan fingerprint density at radius 2 is 2.08 bits per heavy atom. The molecule has 2 aromatic rings. The molecule has 24 heavy (non-hydrogen) atoms. The molecule has 0 radical (unpaired) electrons. The van der Waals surface area contributed by atoms with Gasteiger partial charge in [0, 0.05) is 17.0 Å². The highest BCUT2D eigenvalue weighted by Gasteiger charge is 2.21. The van der Waals surface area contributed by atoms with Crippen LogP contribution in [0.2, 0.25) is 0 Å². The van der Waals surface area contributed by atoms with E-state index in [-0.39, 0.29) is 18.0 Å². The number of nitrogens with two attached hydrogens (primary N) is 1. The van der Waals surface area contributed by atoms with Crippen LogP contribution in [0.4, 0.5) is 0 Å². The van der Waals surface area contributed by atoms with Crippen molar-refractivity contribution < 1.29 is 9.32 Å². The van der Waals surface area contributed by atoms with Crippen LogP contribution in [0.15, 0.2) is 33.7 Å². The summed E-state index contributed by atoms with van der Waals surface area (Å²) in [4.78, 5) is 17.7. The predicted octanol–water partition coefficient (Wildman–Crippen LogP) is 2.67. The van der Waals surface area contributed by atoms with Crippen LogP contribution >= 0.6 is 11.8 Å². The van der Waals surface area contributed by atoms with Crippen LogP contribution < -0.4 is 11.1 Å². The molecule has 0 atom stereocenters. The fourth-order valence-corrected chi connectivity index (χ4v) is 3.73. The Morgan fingerprint density at radius 3 is 2.79 bits per heavy atom. The molecule has 3 rings (SSSR count). The van der Waals surface area contributed by atoms with Gasteiger partial charge in [-0.15, -0.1) is 11.8 Å². The molecule has 128 valence electrons. The van der Waals surface area contributed by atoms with Crippen LogP contribution in [0.25, 0.3) is 0 Å². The second-order valence-electron chi connectivity index (χ2n) is 6.11. The van der Waals surface area contributed by atoms with E-state index < -0.39 is 0 Å². The van der Waals surface area contributed by atoms with Crippen molar-refractivity contribution in [3.8, 4) is 0 Å². The van der Waals surface area contributed by atoms with E-state index in [1.807, 2.05) is 24.3 Å². The van der Waals surface area contributed by atoms with Crippen molar-refractivity contribution in [1.82, 2.24) is 15.5 Å². The first kappa shape index (κ1) is 17.0. The highest BCUT2D eigenvalue weighted by molar-refractivity contribution is 7.98. The summed E-state index contributed by atoms with van der Waals surface area (Å²) in [5.74, 6) is 1.70. The Morgan fingerprint density at radius 1 is 1.33 bits per heavy atom. The zero-order chi connectivity index (χ0) is 16.9. The number of benzene rings is 1. The molecule has 0 bridgehead atoms. The van der Waals surface area contributed by atoms with Crippen LogP contribution in [-0.4, -0.2) is 28.1 Å². The molecule has 0 spiro atoms. The number of aryl methyl sites for hydroxylation is 1. The van der Waals surface area contributed by atoms with E-state index in [2.05, 4.69) is 15.5 Å². The number of amides is 1. The minimum atomic E-state index is -0.0275. The van der Waals surface area contributed by atoms with Crippen molar-refractivity contribution in [3.05, 3.63) is 41.5 Å². The third-order valence-electron chi connectivity index (χ3n) is 4.16. The van der Waals surface area contributed by atoms with E-state index >= 15 is 0 Å². The topological polar surface area (TPSA) is 94.0 Å². The second-order valence-corrected chi connectivity index (χ2v) is 7.12. The molecule has 6 nitrogen and oxygen atoms in total. The third-order valence-corrected chi connectivity index (χ3v) is 5.22. The molecular formula is C17H22N4O2S. The normalized spacial score (nSPS) is 20.8. The average Bonchev–Trinajstić information content (AvgIpc) is 3.01. The predicted molar refractivity (Wildman–Crippen MR) is 92.7 cm³/mol. The van der Waals surface area contributed by atoms with Gasteiger partial charge < -0.3 is 15.6 Å². The second kappa shape index (κ2) is 7.81. The summed E-state index contributed by atoms with van der Waals surface area (Å²) < 4.78 is 5.12. The van der Waals surface area contributed by atoms with Gasteiger partial charge in [-0.2, -0.15) is 4.98 Å². The fraction of sp³-hybridized carbons (Fsp3) is 0.471. The maximum Gasteiger partial charge on any atom is 0.252 e. The quantitative estimate of drug-likeness (QED) is 0.808. The monoisotopic (exact) mass is 346 g/mol. The molecule has 7 heteroatoms. The molecule has 1 aliphatic carbocycles. The first-order chi connectivity index (χ1) is 11.6. The van der Waals surface area contributed by atoms with E-state index in [0.717, 1.165) is 30.6 Å². The first-order valence-electron chi connectivity index (χ1n) is 8.19. The fourth-order valence-electron chi connectivity index (χ4n) is 2.84. The molecule has 0 saturated heterocycles. The maximum absolute atomic E-state index is 12.6. The van der Waals surface area contributed by atoms with Crippen LogP contribution in [0.1, 0.15) is 47.8 Å². The average molecular weight is 346 g/mol. The minimum absolute atomic E-state index is 0.0275. The van der Waals surface area contributed by atoms with Crippen LogP contribution in [0.5, 0.6) is 0 Å². The van der Waals surface area contributed by atoms with Gasteiger partial charge in [0.15, 0.2) is 5.82 Å². The minimum Gasteiger partial charge on any atom is -0.349 e. The highest BCUT2D eigenvalue weighted by Crippen LogP contribution is 2.26. The summed E-state index contributed by atoms with van der Waals surface area (Å²) >= 11 is 1.53. The number of nitrogens with zero attached hydrogens (tertiary/aromatic N) is 2. The van der Waals surface area contributed by atoms with Gasteiger partial charge in [-0.25, -0.2) is 0 Å². The Bertz CT molecular complexity index is 695. The standard InChI is InChI=1S/C17H22N4O2S/c1-11-19-16(23-21-11)10-24-15-5-3-2-4-14(15)17(22)20-13-8-6-12(18)7-9-13/h2-5,12-13H,6-10,18H2,1H3,(H,20,22). The molecule has 0 aliphatic heterocycles. The number of carbonyl (C=O) groups is 1. The Balaban J connectivity index is 1.63. The number of nitrogens with one attached hydrogen (secondary N) is 1. The van der Waals surface area contributed by atoms with Gasteiger partial charge in [-0.1, -0.05) is 17.3 Å². The van der Waals surface area contributed by atoms with Gasteiger partial charge in [0.25, 0.3) is 5.91 Å². The Kier molecular flexibility index (Phi) is 5.52. The molecule has 1 amide bonds. The third kappa shape index (κ3) is 4.36. The molecule has 1 heterocycles. The van der Waals surface area contributed by atoms with Crippen molar-refractivity contribution in [1.29, 1.82) is 0 Å². The zero-order valence-corrected chi connectivity index (χ0v) is 14.5. The lowest BCUT2D eigenvalue weighted by molar-refractivity contribution is 0.0923. The molecule has 1 aromatic heterocycles. The molecular weight excluding hydrogens is 324 g/mol. The molecule has 0 unspecified atom stereocenters. The van der Waals surface area contributed by atoms with Gasteiger partial charge in [0.2, 0.25) is 5.89 Å². The largest absolute Gasteiger partial charge is 0.349 e. The Hall–Kier alpha value is -1.86. The molecule has 3 N–H and O–H groups in total. The number of aromatic nitrogens is 2. The smallest absolute Gasteiger partial charge is 0.252 e. The number of hydrogen-bond acceptors (Lipinski definition) is 6. The van der Waals surface area contributed by atoms with Crippen molar-refractivity contribution in [2.45, 2.75) is 55.3 Å². The van der Waals surface area contributed by atoms with Gasteiger partial charge in [0.1, 0.15) is 0 Å². The number of thioether (sulfide) groups is 1. The van der Waals surface area contributed by atoms with Gasteiger partial charge >= 0.3 is 0 Å². The van der Waals surface area contributed by atoms with Crippen LogP contribution in [0, 0.1) is 6.92 Å². The van der Waals surface area contributed by atoms with Crippen LogP contribution in [0.3, 0.4) is 0 Å². The summed E-state index contributed by atoms with van der Waals surface area (Å²) in [6.45, 7) is 1.79. The van der Waals surface area contributed by atoms with Crippen molar-refractivity contribution >= 4 is 17.7 Å². The summed E-state index contributed by atoms with van der Waals surface area (Å²) in [5.41, 5.74) is 6.61. The lowest BCUT2D eigenvalue weighted by Gasteiger charge is -2.27. The van der Waals surface area contributed by atoms with E-state index in [9.17, 15) is 4.79 Å². The van der Waals surface area contributed by atoms with Gasteiger partial charge in [0.05, 0.1) is 11.3 Å². The van der Waals surface area contributed by atoms with E-state index in [1.54, 1.807) is 6.92 Å². The molecule has 1 aliphatic rings. The first-order valence-corrected chi connectivity index (χ1v) is 9.18. The van der Waals surface area contributed by atoms with Gasteiger partial charge in [-0.3, -0.25) is 4.79 Å². The lowest BCUT2D eigenvalue weighted by Crippen LogP contribution is -2.40. The number of hydrogen-bond donors (Lipinski definition) is 2. The van der Waals surface area contributed by atoms with Crippen molar-refractivity contribution in [2.75, 3.05) is 0 Å². The maximum atomic E-state index is 12.6. The summed E-state index contributed by atoms with van der Waals surface area (Å²) in [6.07, 6.45) is 3.84. The highest BCUT2D eigenvalue weighted by atomic mass is 32.2. The SMILES string of the molecule is Cc1noc(CSc2ccccc2C(=O)NC2CCC(N)CC2)n1. The lowest BCUT2D eigenvalue weighted by atomic mass is 9.91.